The standard InChI is InChI=1S/C35H24O/c1-35(2)29-20-23(16-18-26(29)27-19-14-21-8-3-4-10-25(21)34(27)35)24-17-15-22-9-7-13-31-32(22)33(24)28-11-5-6-12-30(28)36-31/h3-20H,1-2H3. The van der Waals surface area contributed by atoms with Crippen LogP contribution in [0.1, 0.15) is 25.0 Å². The van der Waals surface area contributed by atoms with Gasteiger partial charge in [-0.15, -0.1) is 0 Å². The molecule has 0 atom stereocenters. The minimum absolute atomic E-state index is 0.0815. The van der Waals surface area contributed by atoms with Gasteiger partial charge in [-0.2, -0.15) is 0 Å². The molecule has 0 amide bonds. The summed E-state index contributed by atoms with van der Waals surface area (Å²) >= 11 is 0. The van der Waals surface area contributed by atoms with Gasteiger partial charge < -0.3 is 4.74 Å². The number of rotatable bonds is 1. The van der Waals surface area contributed by atoms with Gasteiger partial charge in [0.15, 0.2) is 0 Å². The maximum absolute atomic E-state index is 6.33. The highest BCUT2D eigenvalue weighted by Crippen LogP contribution is 2.54. The van der Waals surface area contributed by atoms with Crippen LogP contribution in [0.3, 0.4) is 0 Å². The maximum Gasteiger partial charge on any atom is 0.135 e. The van der Waals surface area contributed by atoms with Gasteiger partial charge in [-0.05, 0) is 67.7 Å². The van der Waals surface area contributed by atoms with Gasteiger partial charge in [-0.25, -0.2) is 0 Å². The predicted molar refractivity (Wildman–Crippen MR) is 150 cm³/mol. The molecule has 0 saturated heterocycles. The van der Waals surface area contributed by atoms with Gasteiger partial charge in [0.1, 0.15) is 11.5 Å². The molecule has 1 nitrogen and oxygen atoms in total. The Balaban J connectivity index is 1.40. The second kappa shape index (κ2) is 6.86. The van der Waals surface area contributed by atoms with Gasteiger partial charge in [-0.3, -0.25) is 0 Å². The van der Waals surface area contributed by atoms with Crippen LogP contribution < -0.4 is 4.74 Å². The van der Waals surface area contributed by atoms with E-state index in [2.05, 4.69) is 117 Å². The van der Waals surface area contributed by atoms with Crippen molar-refractivity contribution in [3.8, 4) is 44.9 Å². The van der Waals surface area contributed by atoms with Gasteiger partial charge in [0.05, 0.1) is 0 Å². The third-order valence-corrected chi connectivity index (χ3v) is 8.23. The topological polar surface area (TPSA) is 9.23 Å². The summed E-state index contributed by atoms with van der Waals surface area (Å²) in [6.07, 6.45) is 0. The summed E-state index contributed by atoms with van der Waals surface area (Å²) in [6.45, 7) is 4.75. The van der Waals surface area contributed by atoms with Crippen LogP contribution in [0, 0.1) is 0 Å². The summed E-state index contributed by atoms with van der Waals surface area (Å²) in [5.41, 5.74) is 10.4. The van der Waals surface area contributed by atoms with E-state index in [9.17, 15) is 0 Å². The number of fused-ring (bicyclic) bond motifs is 7. The Hall–Kier alpha value is -4.36. The van der Waals surface area contributed by atoms with Crippen LogP contribution in [0.5, 0.6) is 11.5 Å². The third-order valence-electron chi connectivity index (χ3n) is 8.23. The van der Waals surface area contributed by atoms with Crippen LogP contribution in [-0.4, -0.2) is 0 Å². The van der Waals surface area contributed by atoms with Crippen molar-refractivity contribution in [3.63, 3.8) is 0 Å². The SMILES string of the molecule is CC1(C)c2cc(-c3ccc4cccc5c4c3-c3ccccc3O5)ccc2-c2ccc3ccccc3c21. The Morgan fingerprint density at radius 3 is 2.22 bits per heavy atom. The molecule has 0 radical (unpaired) electrons. The lowest BCUT2D eigenvalue weighted by Gasteiger charge is -2.25. The maximum atomic E-state index is 6.33. The van der Waals surface area contributed by atoms with E-state index in [1.54, 1.807) is 0 Å². The Kier molecular flexibility index (Phi) is 3.79. The molecular formula is C35H24O. The highest BCUT2D eigenvalue weighted by Gasteiger charge is 2.37. The summed E-state index contributed by atoms with van der Waals surface area (Å²) in [7, 11) is 0. The molecule has 1 aliphatic heterocycles. The quantitative estimate of drug-likeness (QED) is 0.237. The van der Waals surface area contributed by atoms with E-state index in [-0.39, 0.29) is 5.41 Å². The number of benzene rings is 6. The number of para-hydroxylation sites is 1. The van der Waals surface area contributed by atoms with Crippen LogP contribution in [-0.2, 0) is 5.41 Å². The van der Waals surface area contributed by atoms with Gasteiger partial charge >= 0.3 is 0 Å². The summed E-state index contributed by atoms with van der Waals surface area (Å²) in [5.74, 6) is 1.86. The zero-order valence-electron chi connectivity index (χ0n) is 20.3. The van der Waals surface area contributed by atoms with Crippen molar-refractivity contribution >= 4 is 21.5 Å². The Bertz CT molecular complexity index is 1890. The largest absolute Gasteiger partial charge is 0.456 e. The van der Waals surface area contributed by atoms with Gasteiger partial charge in [0.2, 0.25) is 0 Å². The molecule has 0 fully saturated rings. The Morgan fingerprint density at radius 1 is 0.556 bits per heavy atom. The van der Waals surface area contributed by atoms with E-state index in [0.717, 1.165) is 17.1 Å². The first-order valence-corrected chi connectivity index (χ1v) is 12.6. The molecular weight excluding hydrogens is 436 g/mol. The highest BCUT2D eigenvalue weighted by molar-refractivity contribution is 6.10. The monoisotopic (exact) mass is 460 g/mol. The van der Waals surface area contributed by atoms with Crippen molar-refractivity contribution < 1.29 is 4.74 Å². The molecule has 36 heavy (non-hydrogen) atoms. The smallest absolute Gasteiger partial charge is 0.135 e. The van der Waals surface area contributed by atoms with E-state index >= 15 is 0 Å². The second-order valence-electron chi connectivity index (χ2n) is 10.5. The first-order chi connectivity index (χ1) is 17.6. The number of hydrogen-bond acceptors (Lipinski definition) is 1. The zero-order valence-corrected chi connectivity index (χ0v) is 20.3. The third kappa shape index (κ3) is 2.50. The van der Waals surface area contributed by atoms with Crippen LogP contribution in [0.25, 0.3) is 54.9 Å². The second-order valence-corrected chi connectivity index (χ2v) is 10.5. The molecule has 2 aliphatic rings. The molecule has 0 aromatic heterocycles. The fourth-order valence-corrected chi connectivity index (χ4v) is 6.60. The normalized spacial score (nSPS) is 14.3. The first-order valence-electron chi connectivity index (χ1n) is 12.6. The van der Waals surface area contributed by atoms with Crippen LogP contribution >= 0.6 is 0 Å². The first kappa shape index (κ1) is 19.9. The van der Waals surface area contributed by atoms with Crippen LogP contribution in [0.2, 0.25) is 0 Å². The summed E-state index contributed by atoms with van der Waals surface area (Å²) in [5, 5.41) is 5.07. The van der Waals surface area contributed by atoms with E-state index in [0.29, 0.717) is 0 Å². The van der Waals surface area contributed by atoms with Crippen molar-refractivity contribution in [2.75, 3.05) is 0 Å². The molecule has 0 N–H and O–H groups in total. The molecule has 170 valence electrons. The molecule has 8 rings (SSSR count). The minimum atomic E-state index is -0.0815. The Labute approximate surface area is 210 Å². The van der Waals surface area contributed by atoms with Crippen molar-refractivity contribution in [1.82, 2.24) is 0 Å². The summed E-state index contributed by atoms with van der Waals surface area (Å²) in [4.78, 5) is 0. The van der Waals surface area contributed by atoms with Gasteiger partial charge in [-0.1, -0.05) is 105 Å². The van der Waals surface area contributed by atoms with Crippen molar-refractivity contribution in [2.45, 2.75) is 19.3 Å². The average Bonchev–Trinajstić information content (AvgIpc) is 3.15. The molecule has 6 aromatic carbocycles. The molecule has 0 bridgehead atoms. The predicted octanol–water partition coefficient (Wildman–Crippen LogP) is 9.74. The fraction of sp³-hybridized carbons (Fsp3) is 0.0857. The summed E-state index contributed by atoms with van der Waals surface area (Å²) < 4.78 is 6.33. The lowest BCUT2D eigenvalue weighted by atomic mass is 9.79. The molecule has 0 unspecified atom stereocenters. The zero-order chi connectivity index (χ0) is 24.0. The molecule has 0 spiro atoms. The molecule has 0 saturated carbocycles. The lowest BCUT2D eigenvalue weighted by Crippen LogP contribution is -2.15. The molecule has 1 heteroatoms. The lowest BCUT2D eigenvalue weighted by molar-refractivity contribution is 0.487. The minimum Gasteiger partial charge on any atom is -0.456 e. The molecule has 6 aromatic rings. The summed E-state index contributed by atoms with van der Waals surface area (Å²) in [6, 6.07) is 39.7. The fourth-order valence-electron chi connectivity index (χ4n) is 6.60. The van der Waals surface area contributed by atoms with Crippen LogP contribution in [0.15, 0.2) is 109 Å². The van der Waals surface area contributed by atoms with Crippen molar-refractivity contribution in [3.05, 3.63) is 120 Å². The van der Waals surface area contributed by atoms with Crippen LogP contribution in [0.4, 0.5) is 0 Å². The van der Waals surface area contributed by atoms with E-state index in [4.69, 9.17) is 4.74 Å². The van der Waals surface area contributed by atoms with Gasteiger partial charge in [0, 0.05) is 21.9 Å². The van der Waals surface area contributed by atoms with E-state index < -0.39 is 0 Å². The molecule has 1 aliphatic carbocycles. The van der Waals surface area contributed by atoms with E-state index in [1.807, 2.05) is 6.07 Å². The Morgan fingerprint density at radius 2 is 1.28 bits per heavy atom. The van der Waals surface area contributed by atoms with Crippen molar-refractivity contribution in [2.24, 2.45) is 0 Å². The highest BCUT2D eigenvalue weighted by atomic mass is 16.5. The van der Waals surface area contributed by atoms with Gasteiger partial charge in [0.25, 0.3) is 0 Å². The van der Waals surface area contributed by atoms with E-state index in [1.165, 1.54) is 60.5 Å². The number of hydrogen-bond donors (Lipinski definition) is 0. The average molecular weight is 461 g/mol. The number of ether oxygens (including phenoxy) is 1. The van der Waals surface area contributed by atoms with Crippen molar-refractivity contribution in [1.29, 1.82) is 0 Å². The molecule has 1 heterocycles.